The van der Waals surface area contributed by atoms with E-state index in [9.17, 15) is 4.79 Å². The Morgan fingerprint density at radius 1 is 1.11 bits per heavy atom. The summed E-state index contributed by atoms with van der Waals surface area (Å²) in [5, 5.41) is 6.50. The molecule has 4 aromatic heterocycles. The second-order valence-electron chi connectivity index (χ2n) is 6.22. The number of amides is 1. The van der Waals surface area contributed by atoms with Crippen LogP contribution in [-0.4, -0.2) is 20.9 Å². The van der Waals surface area contributed by atoms with Gasteiger partial charge in [0, 0.05) is 27.8 Å². The van der Waals surface area contributed by atoms with Gasteiger partial charge >= 0.3 is 0 Å². The van der Waals surface area contributed by atoms with E-state index in [-0.39, 0.29) is 5.91 Å². The molecule has 4 rings (SSSR count). The standard InChI is InChI=1S/C19H18N4OS3/c1-5-14-20-11(4)15-10(3)16(27-18(15)22-14)17(24)23-19-21-12(8-25-19)13-7-6-9(2)26-13/h6-8H,5H2,1-4H3,(H,21,23,24). The maximum atomic E-state index is 12.8. The second kappa shape index (κ2) is 7.10. The van der Waals surface area contributed by atoms with Gasteiger partial charge in [0.2, 0.25) is 0 Å². The van der Waals surface area contributed by atoms with Gasteiger partial charge in [-0.05, 0) is 38.5 Å². The molecule has 4 aromatic rings. The van der Waals surface area contributed by atoms with Crippen molar-refractivity contribution in [3.05, 3.63) is 44.3 Å². The van der Waals surface area contributed by atoms with E-state index in [0.717, 1.165) is 44.3 Å². The molecule has 0 aromatic carbocycles. The molecule has 1 N–H and O–H groups in total. The third-order valence-corrected chi connectivity index (χ3v) is 7.22. The fourth-order valence-electron chi connectivity index (χ4n) is 2.94. The van der Waals surface area contributed by atoms with Crippen LogP contribution in [-0.2, 0) is 6.42 Å². The lowest BCUT2D eigenvalue weighted by atomic mass is 10.1. The molecule has 8 heteroatoms. The highest BCUT2D eigenvalue weighted by Gasteiger charge is 2.20. The van der Waals surface area contributed by atoms with Crippen LogP contribution >= 0.6 is 34.0 Å². The van der Waals surface area contributed by atoms with Gasteiger partial charge in [0.15, 0.2) is 5.13 Å². The van der Waals surface area contributed by atoms with Crippen LogP contribution in [0.3, 0.4) is 0 Å². The molecule has 5 nitrogen and oxygen atoms in total. The molecule has 0 saturated carbocycles. The fourth-order valence-corrected chi connectivity index (χ4v) is 5.69. The molecule has 0 radical (unpaired) electrons. The SMILES string of the molecule is CCc1nc(C)c2c(C)c(C(=O)Nc3nc(-c4ccc(C)s4)cs3)sc2n1. The minimum absolute atomic E-state index is 0.142. The zero-order valence-electron chi connectivity index (χ0n) is 15.4. The van der Waals surface area contributed by atoms with E-state index < -0.39 is 0 Å². The van der Waals surface area contributed by atoms with E-state index in [1.54, 1.807) is 11.3 Å². The van der Waals surface area contributed by atoms with E-state index in [2.05, 4.69) is 39.3 Å². The van der Waals surface area contributed by atoms with Gasteiger partial charge in [-0.25, -0.2) is 15.0 Å². The summed E-state index contributed by atoms with van der Waals surface area (Å²) in [6.07, 6.45) is 0.777. The smallest absolute Gasteiger partial charge is 0.267 e. The summed E-state index contributed by atoms with van der Waals surface area (Å²) in [6.45, 7) is 8.03. The first-order chi connectivity index (χ1) is 13.0. The first-order valence-corrected chi connectivity index (χ1v) is 11.1. The van der Waals surface area contributed by atoms with Crippen LogP contribution in [0.25, 0.3) is 20.8 Å². The van der Waals surface area contributed by atoms with Gasteiger partial charge in [0.05, 0.1) is 15.4 Å². The van der Waals surface area contributed by atoms with Crippen LogP contribution in [0.4, 0.5) is 5.13 Å². The van der Waals surface area contributed by atoms with E-state index in [1.165, 1.54) is 27.6 Å². The van der Waals surface area contributed by atoms with Crippen molar-refractivity contribution < 1.29 is 4.79 Å². The van der Waals surface area contributed by atoms with Crippen molar-refractivity contribution in [1.82, 2.24) is 15.0 Å². The summed E-state index contributed by atoms with van der Waals surface area (Å²) >= 11 is 4.55. The van der Waals surface area contributed by atoms with Crippen molar-refractivity contribution in [1.29, 1.82) is 0 Å². The Hall–Kier alpha value is -2.16. The predicted molar refractivity (Wildman–Crippen MR) is 114 cm³/mol. The number of carbonyl (C=O) groups excluding carboxylic acids is 1. The molecular weight excluding hydrogens is 396 g/mol. The molecule has 4 heterocycles. The number of fused-ring (bicyclic) bond motifs is 1. The quantitative estimate of drug-likeness (QED) is 0.471. The Balaban J connectivity index is 1.63. The summed E-state index contributed by atoms with van der Waals surface area (Å²) in [5.74, 6) is 0.667. The van der Waals surface area contributed by atoms with Gasteiger partial charge in [0.25, 0.3) is 5.91 Å². The number of hydrogen-bond donors (Lipinski definition) is 1. The largest absolute Gasteiger partial charge is 0.297 e. The summed E-state index contributed by atoms with van der Waals surface area (Å²) < 4.78 is 0. The summed E-state index contributed by atoms with van der Waals surface area (Å²) in [4.78, 5) is 30.4. The number of anilines is 1. The first kappa shape index (κ1) is 18.2. The van der Waals surface area contributed by atoms with Crippen LogP contribution < -0.4 is 5.32 Å². The molecular formula is C19H18N4OS3. The molecule has 138 valence electrons. The molecule has 0 aliphatic carbocycles. The van der Waals surface area contributed by atoms with Crippen molar-refractivity contribution >= 4 is 55.3 Å². The number of aryl methyl sites for hydroxylation is 4. The lowest BCUT2D eigenvalue weighted by Crippen LogP contribution is -2.11. The molecule has 0 aliphatic heterocycles. The van der Waals surface area contributed by atoms with Gasteiger partial charge in [-0.2, -0.15) is 0 Å². The Bertz CT molecular complexity index is 1160. The van der Waals surface area contributed by atoms with Crippen LogP contribution in [0.15, 0.2) is 17.5 Å². The Labute approximate surface area is 169 Å². The van der Waals surface area contributed by atoms with Gasteiger partial charge in [-0.1, -0.05) is 6.92 Å². The van der Waals surface area contributed by atoms with E-state index >= 15 is 0 Å². The molecule has 0 bridgehead atoms. The number of nitrogens with zero attached hydrogens (tertiary/aromatic N) is 3. The molecule has 0 spiro atoms. The van der Waals surface area contributed by atoms with Crippen molar-refractivity contribution in [2.24, 2.45) is 0 Å². The molecule has 1 amide bonds. The summed E-state index contributed by atoms with van der Waals surface area (Å²) in [5.41, 5.74) is 2.75. The third kappa shape index (κ3) is 3.40. The normalized spacial score (nSPS) is 11.3. The minimum atomic E-state index is -0.142. The molecule has 0 aliphatic rings. The third-order valence-electron chi connectivity index (χ3n) is 4.26. The monoisotopic (exact) mass is 414 g/mol. The van der Waals surface area contributed by atoms with Crippen molar-refractivity contribution in [2.75, 3.05) is 5.32 Å². The first-order valence-electron chi connectivity index (χ1n) is 8.56. The molecule has 0 fully saturated rings. The van der Waals surface area contributed by atoms with Crippen LogP contribution in [0.1, 0.15) is 38.6 Å². The van der Waals surface area contributed by atoms with Crippen LogP contribution in [0.2, 0.25) is 0 Å². The molecule has 0 atom stereocenters. The van der Waals surface area contributed by atoms with Gasteiger partial charge in [-0.15, -0.1) is 34.0 Å². The van der Waals surface area contributed by atoms with E-state index in [0.29, 0.717) is 10.0 Å². The van der Waals surface area contributed by atoms with Gasteiger partial charge in [0.1, 0.15) is 10.7 Å². The number of rotatable bonds is 4. The number of nitrogens with one attached hydrogen (secondary N) is 1. The molecule has 0 unspecified atom stereocenters. The van der Waals surface area contributed by atoms with E-state index in [1.807, 2.05) is 26.2 Å². The van der Waals surface area contributed by atoms with Gasteiger partial charge in [-0.3, -0.25) is 10.1 Å². The number of thiophene rings is 2. The van der Waals surface area contributed by atoms with Crippen molar-refractivity contribution in [3.63, 3.8) is 0 Å². The minimum Gasteiger partial charge on any atom is -0.297 e. The zero-order chi connectivity index (χ0) is 19.1. The lowest BCUT2D eigenvalue weighted by molar-refractivity contribution is 0.103. The average Bonchev–Trinajstić information content (AvgIpc) is 3.34. The van der Waals surface area contributed by atoms with Crippen molar-refractivity contribution in [2.45, 2.75) is 34.1 Å². The maximum Gasteiger partial charge on any atom is 0.267 e. The highest BCUT2D eigenvalue weighted by Crippen LogP contribution is 2.33. The zero-order valence-corrected chi connectivity index (χ0v) is 17.9. The number of aromatic nitrogens is 3. The summed E-state index contributed by atoms with van der Waals surface area (Å²) in [6, 6.07) is 4.13. The number of hydrogen-bond acceptors (Lipinski definition) is 7. The number of carbonyl (C=O) groups is 1. The Kier molecular flexibility index (Phi) is 4.79. The predicted octanol–water partition coefficient (Wildman–Crippen LogP) is 5.62. The Morgan fingerprint density at radius 3 is 2.63 bits per heavy atom. The van der Waals surface area contributed by atoms with Gasteiger partial charge < -0.3 is 0 Å². The topological polar surface area (TPSA) is 67.8 Å². The fraction of sp³-hybridized carbons (Fsp3) is 0.263. The van der Waals surface area contributed by atoms with E-state index in [4.69, 9.17) is 0 Å². The Morgan fingerprint density at radius 2 is 1.93 bits per heavy atom. The highest BCUT2D eigenvalue weighted by molar-refractivity contribution is 7.21. The molecule has 0 saturated heterocycles. The molecule has 27 heavy (non-hydrogen) atoms. The lowest BCUT2D eigenvalue weighted by Gasteiger charge is -2.01. The highest BCUT2D eigenvalue weighted by atomic mass is 32.1. The average molecular weight is 415 g/mol. The second-order valence-corrected chi connectivity index (χ2v) is 9.36. The summed E-state index contributed by atoms with van der Waals surface area (Å²) in [7, 11) is 0. The van der Waals surface area contributed by atoms with Crippen molar-refractivity contribution in [3.8, 4) is 10.6 Å². The maximum absolute atomic E-state index is 12.8. The van der Waals surface area contributed by atoms with Crippen LogP contribution in [0.5, 0.6) is 0 Å². The van der Waals surface area contributed by atoms with Crippen LogP contribution in [0, 0.1) is 20.8 Å². The number of thiazole rings is 1.